The van der Waals surface area contributed by atoms with Crippen molar-refractivity contribution in [2.24, 2.45) is 0 Å². The number of aromatic nitrogens is 1. The van der Waals surface area contributed by atoms with Crippen LogP contribution in [0.15, 0.2) is 10.9 Å². The lowest BCUT2D eigenvalue weighted by Crippen LogP contribution is -2.26. The number of pyridine rings is 1. The Kier molecular flexibility index (Phi) is 6.45. The number of hydrogen-bond acceptors (Lipinski definition) is 4. The van der Waals surface area contributed by atoms with E-state index < -0.39 is 0 Å². The number of nitrogens with zero attached hydrogens (tertiary/aromatic N) is 1. The van der Waals surface area contributed by atoms with Gasteiger partial charge in [-0.3, -0.25) is 4.79 Å². The fourth-order valence-corrected chi connectivity index (χ4v) is 2.18. The molecule has 0 aliphatic heterocycles. The number of esters is 1. The number of rotatable bonds is 7. The first-order chi connectivity index (χ1) is 9.52. The van der Waals surface area contributed by atoms with E-state index in [0.717, 1.165) is 6.42 Å². The first-order valence-electron chi connectivity index (χ1n) is 6.98. The second kappa shape index (κ2) is 7.85. The number of ether oxygens (including phenoxy) is 2. The molecular weight excluding hydrogens is 258 g/mol. The topological polar surface area (TPSA) is 57.5 Å². The molecule has 20 heavy (non-hydrogen) atoms. The van der Waals surface area contributed by atoms with Gasteiger partial charge in [-0.15, -0.1) is 0 Å². The van der Waals surface area contributed by atoms with Gasteiger partial charge in [0.1, 0.15) is 0 Å². The number of hydrogen-bond donors (Lipinski definition) is 0. The van der Waals surface area contributed by atoms with Crippen molar-refractivity contribution in [3.8, 4) is 0 Å². The van der Waals surface area contributed by atoms with Crippen LogP contribution in [-0.4, -0.2) is 30.4 Å². The largest absolute Gasteiger partial charge is 0.462 e. The fraction of sp³-hybridized carbons (Fsp3) is 0.600. The molecule has 1 aromatic heterocycles. The van der Waals surface area contributed by atoms with Crippen LogP contribution < -0.4 is 5.56 Å². The Hall–Kier alpha value is -1.62. The van der Waals surface area contributed by atoms with E-state index in [4.69, 9.17) is 9.47 Å². The van der Waals surface area contributed by atoms with Gasteiger partial charge in [0.15, 0.2) is 0 Å². The van der Waals surface area contributed by atoms with Crippen molar-refractivity contribution >= 4 is 5.97 Å². The standard InChI is InChI=1S/C15H23NO4/c1-5-19-9-7-8-16-12(4)14(15(18)20-6-2)11(3)10-13(16)17/h10H,5-9H2,1-4H3. The van der Waals surface area contributed by atoms with Crippen LogP contribution in [0.5, 0.6) is 0 Å². The molecule has 1 aromatic rings. The molecule has 0 bridgehead atoms. The molecule has 1 heterocycles. The molecule has 0 fully saturated rings. The van der Waals surface area contributed by atoms with Gasteiger partial charge in [-0.05, 0) is 39.7 Å². The molecule has 0 unspecified atom stereocenters. The minimum atomic E-state index is -0.374. The fourth-order valence-electron chi connectivity index (χ4n) is 2.18. The second-order valence-electron chi connectivity index (χ2n) is 4.55. The molecule has 0 N–H and O–H groups in total. The maximum absolute atomic E-state index is 12.0. The van der Waals surface area contributed by atoms with Crippen LogP contribution in [0.4, 0.5) is 0 Å². The zero-order valence-corrected chi connectivity index (χ0v) is 12.7. The Morgan fingerprint density at radius 1 is 1.25 bits per heavy atom. The summed E-state index contributed by atoms with van der Waals surface area (Å²) in [6, 6.07) is 1.49. The van der Waals surface area contributed by atoms with Crippen molar-refractivity contribution in [2.75, 3.05) is 19.8 Å². The molecule has 0 saturated carbocycles. The van der Waals surface area contributed by atoms with Crippen LogP contribution in [0.3, 0.4) is 0 Å². The lowest BCUT2D eigenvalue weighted by atomic mass is 10.1. The summed E-state index contributed by atoms with van der Waals surface area (Å²) in [5, 5.41) is 0. The van der Waals surface area contributed by atoms with Gasteiger partial charge >= 0.3 is 5.97 Å². The molecule has 0 aliphatic rings. The van der Waals surface area contributed by atoms with E-state index in [9.17, 15) is 9.59 Å². The second-order valence-corrected chi connectivity index (χ2v) is 4.55. The Labute approximate surface area is 119 Å². The molecule has 112 valence electrons. The maximum atomic E-state index is 12.0. The van der Waals surface area contributed by atoms with E-state index in [1.807, 2.05) is 6.92 Å². The average Bonchev–Trinajstić information content (AvgIpc) is 2.37. The monoisotopic (exact) mass is 281 g/mol. The summed E-state index contributed by atoms with van der Waals surface area (Å²) in [7, 11) is 0. The Balaban J connectivity index is 3.03. The summed E-state index contributed by atoms with van der Waals surface area (Å²) < 4.78 is 11.9. The van der Waals surface area contributed by atoms with Crippen LogP contribution in [0.25, 0.3) is 0 Å². The Morgan fingerprint density at radius 2 is 1.95 bits per heavy atom. The summed E-state index contributed by atoms with van der Waals surface area (Å²) in [5.41, 5.74) is 1.71. The highest BCUT2D eigenvalue weighted by Crippen LogP contribution is 2.13. The summed E-state index contributed by atoms with van der Waals surface area (Å²) in [5.74, 6) is -0.374. The smallest absolute Gasteiger partial charge is 0.340 e. The van der Waals surface area contributed by atoms with Gasteiger partial charge in [-0.2, -0.15) is 0 Å². The van der Waals surface area contributed by atoms with Crippen LogP contribution >= 0.6 is 0 Å². The summed E-state index contributed by atoms with van der Waals surface area (Å²) in [4.78, 5) is 24.0. The van der Waals surface area contributed by atoms with Crippen LogP contribution in [0.1, 0.15) is 41.9 Å². The van der Waals surface area contributed by atoms with Gasteiger partial charge in [0.2, 0.25) is 0 Å². The third kappa shape index (κ3) is 3.93. The first-order valence-corrected chi connectivity index (χ1v) is 6.98. The zero-order chi connectivity index (χ0) is 15.1. The molecule has 0 atom stereocenters. The van der Waals surface area contributed by atoms with Crippen molar-refractivity contribution in [3.05, 3.63) is 33.2 Å². The molecule has 0 aromatic carbocycles. The van der Waals surface area contributed by atoms with E-state index in [2.05, 4.69) is 0 Å². The highest BCUT2D eigenvalue weighted by molar-refractivity contribution is 5.92. The normalized spacial score (nSPS) is 10.6. The van der Waals surface area contributed by atoms with Gasteiger partial charge in [0.05, 0.1) is 12.2 Å². The minimum absolute atomic E-state index is 0.0930. The molecule has 5 nitrogen and oxygen atoms in total. The van der Waals surface area contributed by atoms with Gasteiger partial charge < -0.3 is 14.0 Å². The summed E-state index contributed by atoms with van der Waals surface area (Å²) in [6.07, 6.45) is 0.736. The maximum Gasteiger partial charge on any atom is 0.340 e. The quantitative estimate of drug-likeness (QED) is 0.567. The summed E-state index contributed by atoms with van der Waals surface area (Å²) in [6.45, 7) is 9.36. The van der Waals surface area contributed by atoms with E-state index in [1.165, 1.54) is 6.07 Å². The van der Waals surface area contributed by atoms with Gasteiger partial charge in [0.25, 0.3) is 5.56 Å². The molecule has 0 saturated heterocycles. The van der Waals surface area contributed by atoms with E-state index >= 15 is 0 Å². The lowest BCUT2D eigenvalue weighted by Gasteiger charge is -2.15. The van der Waals surface area contributed by atoms with Crippen LogP contribution in [-0.2, 0) is 16.0 Å². The predicted molar refractivity (Wildman–Crippen MR) is 77.2 cm³/mol. The zero-order valence-electron chi connectivity index (χ0n) is 12.7. The molecule has 1 rings (SSSR count). The summed E-state index contributed by atoms with van der Waals surface area (Å²) >= 11 is 0. The van der Waals surface area contributed by atoms with Gasteiger partial charge in [-0.1, -0.05) is 0 Å². The van der Waals surface area contributed by atoms with Gasteiger partial charge in [0, 0.05) is 31.5 Å². The molecule has 0 radical (unpaired) electrons. The third-order valence-electron chi connectivity index (χ3n) is 3.12. The van der Waals surface area contributed by atoms with E-state index in [1.54, 1.807) is 25.3 Å². The van der Waals surface area contributed by atoms with Crippen molar-refractivity contribution < 1.29 is 14.3 Å². The van der Waals surface area contributed by atoms with Crippen LogP contribution in [0.2, 0.25) is 0 Å². The predicted octanol–water partition coefficient (Wildman–Crippen LogP) is 2.07. The van der Waals surface area contributed by atoms with Crippen molar-refractivity contribution in [1.29, 1.82) is 0 Å². The number of carbonyl (C=O) groups is 1. The van der Waals surface area contributed by atoms with E-state index in [-0.39, 0.29) is 11.5 Å². The number of aryl methyl sites for hydroxylation is 1. The van der Waals surface area contributed by atoms with Crippen LogP contribution in [0, 0.1) is 13.8 Å². The molecular formula is C15H23NO4. The molecule has 0 spiro atoms. The Morgan fingerprint density at radius 3 is 2.55 bits per heavy atom. The first kappa shape index (κ1) is 16.4. The third-order valence-corrected chi connectivity index (χ3v) is 3.12. The van der Waals surface area contributed by atoms with Crippen molar-refractivity contribution in [1.82, 2.24) is 4.57 Å². The molecule has 0 amide bonds. The number of carbonyl (C=O) groups excluding carboxylic acids is 1. The molecule has 0 aliphatic carbocycles. The Bertz CT molecular complexity index is 519. The highest BCUT2D eigenvalue weighted by Gasteiger charge is 2.17. The SMILES string of the molecule is CCOCCCn1c(C)c(C(=O)OCC)c(C)cc1=O. The van der Waals surface area contributed by atoms with E-state index in [0.29, 0.717) is 43.2 Å². The lowest BCUT2D eigenvalue weighted by molar-refractivity contribution is 0.0523. The van der Waals surface area contributed by atoms with Crippen molar-refractivity contribution in [2.45, 2.75) is 40.7 Å². The molecule has 5 heteroatoms. The minimum Gasteiger partial charge on any atom is -0.462 e. The van der Waals surface area contributed by atoms with Gasteiger partial charge in [-0.25, -0.2) is 4.79 Å². The van der Waals surface area contributed by atoms with Crippen molar-refractivity contribution in [3.63, 3.8) is 0 Å². The highest BCUT2D eigenvalue weighted by atomic mass is 16.5. The average molecular weight is 281 g/mol.